The summed E-state index contributed by atoms with van der Waals surface area (Å²) in [6.07, 6.45) is -2.82. The van der Waals surface area contributed by atoms with E-state index in [-0.39, 0.29) is 29.2 Å². The predicted octanol–water partition coefficient (Wildman–Crippen LogP) is 1.08. The van der Waals surface area contributed by atoms with Crippen molar-refractivity contribution in [2.45, 2.75) is 23.5 Å². The molecule has 0 aliphatic carbocycles. The van der Waals surface area contributed by atoms with Gasteiger partial charge in [0.05, 0.1) is 6.20 Å². The van der Waals surface area contributed by atoms with Gasteiger partial charge >= 0.3 is 6.18 Å². The van der Waals surface area contributed by atoms with E-state index in [1.54, 1.807) is 0 Å². The fourth-order valence-corrected chi connectivity index (χ4v) is 3.02. The van der Waals surface area contributed by atoms with Gasteiger partial charge in [0.15, 0.2) is 6.61 Å². The molecule has 126 valence electrons. The molecule has 1 saturated heterocycles. The lowest BCUT2D eigenvalue weighted by molar-refractivity contribution is -0.154. The fraction of sp³-hybridized carbons (Fsp3) is 0.545. The van der Waals surface area contributed by atoms with Crippen LogP contribution in [-0.2, 0) is 10.0 Å². The van der Waals surface area contributed by atoms with Gasteiger partial charge in [-0.25, -0.2) is 18.1 Å². The van der Waals surface area contributed by atoms with E-state index in [0.717, 1.165) is 24.9 Å². The van der Waals surface area contributed by atoms with E-state index in [1.165, 1.54) is 0 Å². The summed E-state index contributed by atoms with van der Waals surface area (Å²) < 4.78 is 66.9. The number of halogens is 4. The Hall–Kier alpha value is -1.10. The molecule has 0 radical (unpaired) electrons. The van der Waals surface area contributed by atoms with Crippen LogP contribution in [0.15, 0.2) is 23.2 Å². The molecule has 1 unspecified atom stereocenters. The van der Waals surface area contributed by atoms with Crippen LogP contribution in [0.3, 0.4) is 0 Å². The van der Waals surface area contributed by atoms with Crippen molar-refractivity contribution in [1.82, 2.24) is 15.0 Å². The number of hydrogen-bond acceptors (Lipinski definition) is 5. The number of alkyl halides is 3. The first-order valence-corrected chi connectivity index (χ1v) is 7.63. The largest absolute Gasteiger partial charge is 0.468 e. The van der Waals surface area contributed by atoms with E-state index in [1.807, 2.05) is 0 Å². The Balaban J connectivity index is 0.00000242. The molecule has 1 aliphatic rings. The maximum Gasteiger partial charge on any atom is 0.422 e. The molecule has 0 amide bonds. The van der Waals surface area contributed by atoms with Crippen LogP contribution in [0.4, 0.5) is 13.2 Å². The van der Waals surface area contributed by atoms with Gasteiger partial charge in [0.25, 0.3) is 0 Å². The minimum absolute atomic E-state index is 0. The summed E-state index contributed by atoms with van der Waals surface area (Å²) in [5, 5.41) is 3.02. The number of nitrogens with zero attached hydrogens (tertiary/aromatic N) is 1. The zero-order chi connectivity index (χ0) is 15.5. The van der Waals surface area contributed by atoms with Crippen LogP contribution < -0.4 is 14.8 Å². The maximum atomic E-state index is 12.0. The number of pyridine rings is 1. The number of sulfonamides is 1. The molecule has 6 nitrogen and oxygen atoms in total. The van der Waals surface area contributed by atoms with Crippen molar-refractivity contribution in [3.05, 3.63) is 18.3 Å². The molecular weight excluding hydrogens is 347 g/mol. The number of nitrogens with one attached hydrogen (secondary N) is 2. The predicted molar refractivity (Wildman–Crippen MR) is 74.6 cm³/mol. The molecule has 1 aliphatic heterocycles. The Labute approximate surface area is 131 Å². The molecule has 22 heavy (non-hydrogen) atoms. The zero-order valence-corrected chi connectivity index (χ0v) is 12.9. The molecular formula is C11H15ClF3N3O3S. The Morgan fingerprint density at radius 3 is 2.64 bits per heavy atom. The van der Waals surface area contributed by atoms with Gasteiger partial charge in [-0.1, -0.05) is 0 Å². The summed E-state index contributed by atoms with van der Waals surface area (Å²) in [5.41, 5.74) is 0. The van der Waals surface area contributed by atoms with Gasteiger partial charge in [-0.2, -0.15) is 13.2 Å². The summed E-state index contributed by atoms with van der Waals surface area (Å²) in [6.45, 7) is -0.201. The molecule has 0 saturated carbocycles. The summed E-state index contributed by atoms with van der Waals surface area (Å²) in [6, 6.07) is 2.05. The van der Waals surface area contributed by atoms with Gasteiger partial charge in [-0.15, -0.1) is 12.4 Å². The van der Waals surface area contributed by atoms with Crippen molar-refractivity contribution >= 4 is 22.4 Å². The summed E-state index contributed by atoms with van der Waals surface area (Å²) in [7, 11) is -3.73. The number of hydrogen-bond donors (Lipinski definition) is 2. The topological polar surface area (TPSA) is 80.3 Å². The fourth-order valence-electron chi connectivity index (χ4n) is 1.81. The first-order chi connectivity index (χ1) is 9.76. The lowest BCUT2D eigenvalue weighted by Crippen LogP contribution is -2.36. The van der Waals surface area contributed by atoms with E-state index in [2.05, 4.69) is 19.8 Å². The number of ether oxygens (including phenoxy) is 1. The molecule has 0 aromatic carbocycles. The molecule has 1 fully saturated rings. The smallest absolute Gasteiger partial charge is 0.422 e. The average Bonchev–Trinajstić information content (AvgIpc) is 2.88. The molecule has 0 spiro atoms. The molecule has 1 aromatic rings. The number of rotatable bonds is 5. The minimum atomic E-state index is -4.47. The SMILES string of the molecule is Cl.O=S(=O)(NC1CCNC1)c1ccc(OCC(F)(F)F)nc1. The maximum absolute atomic E-state index is 12.0. The lowest BCUT2D eigenvalue weighted by Gasteiger charge is -2.12. The van der Waals surface area contributed by atoms with Gasteiger partial charge in [0.1, 0.15) is 4.90 Å². The quantitative estimate of drug-likeness (QED) is 0.820. The number of aromatic nitrogens is 1. The third kappa shape index (κ3) is 5.59. The molecule has 2 heterocycles. The standard InChI is InChI=1S/C11H14F3N3O3S.ClH/c12-11(13,14)7-20-10-2-1-9(6-16-10)21(18,19)17-8-3-4-15-5-8;/h1-2,6,8,15,17H,3-5,7H2;1H. The Bertz CT molecular complexity index is 574. The highest BCUT2D eigenvalue weighted by Gasteiger charge is 2.29. The van der Waals surface area contributed by atoms with E-state index in [0.29, 0.717) is 13.0 Å². The van der Waals surface area contributed by atoms with Crippen LogP contribution in [0.2, 0.25) is 0 Å². The third-order valence-electron chi connectivity index (χ3n) is 2.79. The van der Waals surface area contributed by atoms with E-state index >= 15 is 0 Å². The van der Waals surface area contributed by atoms with Crippen molar-refractivity contribution < 1.29 is 26.3 Å². The molecule has 0 bridgehead atoms. The van der Waals surface area contributed by atoms with Crippen molar-refractivity contribution in [3.63, 3.8) is 0 Å². The second-order valence-electron chi connectivity index (χ2n) is 4.55. The Morgan fingerprint density at radius 2 is 2.14 bits per heavy atom. The molecule has 1 aromatic heterocycles. The van der Waals surface area contributed by atoms with E-state index in [9.17, 15) is 21.6 Å². The highest BCUT2D eigenvalue weighted by atomic mass is 35.5. The summed E-state index contributed by atoms with van der Waals surface area (Å²) >= 11 is 0. The van der Waals surface area contributed by atoms with Crippen LogP contribution in [0.5, 0.6) is 5.88 Å². The highest BCUT2D eigenvalue weighted by molar-refractivity contribution is 7.89. The van der Waals surface area contributed by atoms with Gasteiger partial charge in [-0.3, -0.25) is 0 Å². The van der Waals surface area contributed by atoms with Crippen LogP contribution in [0.1, 0.15) is 6.42 Å². The minimum Gasteiger partial charge on any atom is -0.468 e. The Kier molecular flexibility index (Phi) is 6.41. The van der Waals surface area contributed by atoms with Crippen LogP contribution in [0.25, 0.3) is 0 Å². The van der Waals surface area contributed by atoms with E-state index in [4.69, 9.17) is 0 Å². The average molecular weight is 362 g/mol. The van der Waals surface area contributed by atoms with Crippen molar-refractivity contribution in [2.75, 3.05) is 19.7 Å². The van der Waals surface area contributed by atoms with Gasteiger partial charge in [-0.05, 0) is 19.0 Å². The van der Waals surface area contributed by atoms with E-state index < -0.39 is 22.8 Å². The van der Waals surface area contributed by atoms with Gasteiger partial charge in [0.2, 0.25) is 15.9 Å². The molecule has 2 N–H and O–H groups in total. The first kappa shape index (κ1) is 18.9. The van der Waals surface area contributed by atoms with Gasteiger partial charge in [0, 0.05) is 18.7 Å². The summed E-state index contributed by atoms with van der Waals surface area (Å²) in [4.78, 5) is 3.45. The zero-order valence-electron chi connectivity index (χ0n) is 11.3. The summed E-state index contributed by atoms with van der Waals surface area (Å²) in [5.74, 6) is -0.284. The first-order valence-electron chi connectivity index (χ1n) is 6.15. The van der Waals surface area contributed by atoms with Crippen molar-refractivity contribution in [3.8, 4) is 5.88 Å². The Morgan fingerprint density at radius 1 is 1.41 bits per heavy atom. The molecule has 11 heteroatoms. The second-order valence-corrected chi connectivity index (χ2v) is 6.26. The van der Waals surface area contributed by atoms with Crippen LogP contribution in [0, 0.1) is 0 Å². The van der Waals surface area contributed by atoms with Crippen LogP contribution in [-0.4, -0.2) is 45.3 Å². The van der Waals surface area contributed by atoms with Gasteiger partial charge < -0.3 is 10.1 Å². The van der Waals surface area contributed by atoms with Crippen molar-refractivity contribution in [2.24, 2.45) is 0 Å². The lowest BCUT2D eigenvalue weighted by atomic mass is 10.3. The molecule has 2 rings (SSSR count). The van der Waals surface area contributed by atoms with Crippen LogP contribution >= 0.6 is 12.4 Å². The second kappa shape index (κ2) is 7.44. The highest BCUT2D eigenvalue weighted by Crippen LogP contribution is 2.18. The molecule has 1 atom stereocenters. The normalized spacial score (nSPS) is 18.8. The monoisotopic (exact) mass is 361 g/mol. The van der Waals surface area contributed by atoms with Crippen molar-refractivity contribution in [1.29, 1.82) is 0 Å². The third-order valence-corrected chi connectivity index (χ3v) is 4.29.